The van der Waals surface area contributed by atoms with E-state index >= 15 is 0 Å². The Morgan fingerprint density at radius 3 is 2.46 bits per heavy atom. The highest BCUT2D eigenvalue weighted by Gasteiger charge is 2.21. The molecule has 3 aromatic heterocycles. The van der Waals surface area contributed by atoms with E-state index in [1.165, 1.54) is 0 Å². The van der Waals surface area contributed by atoms with Crippen molar-refractivity contribution in [2.75, 3.05) is 12.3 Å². The van der Waals surface area contributed by atoms with Gasteiger partial charge < -0.3 is 19.8 Å². The second-order valence-corrected chi connectivity index (χ2v) is 15.7. The quantitative estimate of drug-likeness (QED) is 0.163. The smallest absolute Gasteiger partial charge is 0.198 e. The van der Waals surface area contributed by atoms with E-state index in [9.17, 15) is 8.78 Å². The number of halogens is 2. The lowest BCUT2D eigenvalue weighted by molar-refractivity contribution is 0.0899. The molecule has 0 saturated heterocycles. The van der Waals surface area contributed by atoms with Crippen molar-refractivity contribution in [1.82, 2.24) is 19.3 Å². The zero-order chi connectivity index (χ0) is 25.3. The predicted molar refractivity (Wildman–Crippen MR) is 136 cm³/mol. The number of hydrogen-bond donors (Lipinski definition) is 1. The van der Waals surface area contributed by atoms with Crippen LogP contribution in [0, 0.1) is 11.6 Å². The first-order valence-corrected chi connectivity index (χ1v) is 15.3. The number of nitrogen functional groups attached to an aromatic ring is 1. The number of aromatic nitrogens is 4. The normalized spacial score (nSPS) is 12.1. The van der Waals surface area contributed by atoms with E-state index in [1.807, 2.05) is 41.6 Å². The van der Waals surface area contributed by atoms with Crippen LogP contribution in [0.3, 0.4) is 0 Å². The molecule has 4 rings (SSSR count). The molecule has 0 bridgehead atoms. The predicted octanol–water partition coefficient (Wildman–Crippen LogP) is 6.45. The molecule has 0 amide bonds. The molecule has 0 fully saturated rings. The van der Waals surface area contributed by atoms with Crippen LogP contribution in [0.5, 0.6) is 11.5 Å². The Morgan fingerprint density at radius 1 is 1.11 bits per heavy atom. The van der Waals surface area contributed by atoms with Crippen molar-refractivity contribution in [3.05, 3.63) is 54.5 Å². The second-order valence-electron chi connectivity index (χ2n) is 10.1. The molecule has 0 aliphatic heterocycles. The topological polar surface area (TPSA) is 80.1 Å². The zero-order valence-electron chi connectivity index (χ0n) is 20.7. The number of benzene rings is 1. The average Bonchev–Trinajstić information content (AvgIpc) is 3.39. The highest BCUT2D eigenvalue weighted by atomic mass is 28.3. The summed E-state index contributed by atoms with van der Waals surface area (Å²) in [5.74, 6) is -2.03. The summed E-state index contributed by atoms with van der Waals surface area (Å²) in [6.07, 6.45) is 5.32. The van der Waals surface area contributed by atoms with E-state index in [4.69, 9.17) is 15.2 Å². The van der Waals surface area contributed by atoms with Crippen LogP contribution in [0.4, 0.5) is 14.5 Å². The third-order valence-corrected chi connectivity index (χ3v) is 7.30. The minimum absolute atomic E-state index is 0.0197. The number of ether oxygens (including phenoxy) is 2. The van der Waals surface area contributed by atoms with Gasteiger partial charge in [0.25, 0.3) is 0 Å². The first-order chi connectivity index (χ1) is 16.5. The third-order valence-electron chi connectivity index (χ3n) is 5.59. The van der Waals surface area contributed by atoms with Crippen molar-refractivity contribution >= 4 is 24.8 Å². The van der Waals surface area contributed by atoms with Crippen LogP contribution < -0.4 is 10.5 Å². The van der Waals surface area contributed by atoms with Gasteiger partial charge in [-0.15, -0.1) is 0 Å². The van der Waals surface area contributed by atoms with Gasteiger partial charge in [0.1, 0.15) is 18.1 Å². The number of nitrogens with zero attached hydrogens (tertiary/aromatic N) is 4. The average molecular weight is 500 g/mol. The van der Waals surface area contributed by atoms with Crippen molar-refractivity contribution < 1.29 is 18.3 Å². The zero-order valence-corrected chi connectivity index (χ0v) is 21.7. The lowest BCUT2D eigenvalue weighted by Crippen LogP contribution is -2.22. The maximum Gasteiger partial charge on any atom is 0.198 e. The SMILES string of the molecule is CC(C)n1ccc(-c2cn(COCC[Si](C)(C)C)c3nccc(Oc4c(F)cc(N)cc4F)c23)n1. The summed E-state index contributed by atoms with van der Waals surface area (Å²) >= 11 is 0. The number of anilines is 1. The maximum atomic E-state index is 14.5. The summed E-state index contributed by atoms with van der Waals surface area (Å²) in [6.45, 7) is 11.9. The van der Waals surface area contributed by atoms with Crippen molar-refractivity contribution in [3.8, 4) is 22.8 Å². The van der Waals surface area contributed by atoms with E-state index in [0.717, 1.165) is 23.7 Å². The van der Waals surface area contributed by atoms with Gasteiger partial charge in [-0.05, 0) is 32.0 Å². The van der Waals surface area contributed by atoms with Gasteiger partial charge in [-0.1, -0.05) is 19.6 Å². The van der Waals surface area contributed by atoms with Gasteiger partial charge in [-0.25, -0.2) is 13.8 Å². The molecule has 0 aliphatic carbocycles. The Labute approximate surface area is 204 Å². The molecular weight excluding hydrogens is 468 g/mol. The Bertz CT molecular complexity index is 1320. The first kappa shape index (κ1) is 24.9. The molecule has 35 heavy (non-hydrogen) atoms. The molecular formula is C25H31F2N5O2Si. The van der Waals surface area contributed by atoms with Crippen molar-refractivity contribution in [2.45, 2.75) is 52.3 Å². The largest absolute Gasteiger partial charge is 0.450 e. The summed E-state index contributed by atoms with van der Waals surface area (Å²) in [4.78, 5) is 4.53. The maximum absolute atomic E-state index is 14.5. The van der Waals surface area contributed by atoms with Crippen LogP contribution in [0.1, 0.15) is 19.9 Å². The van der Waals surface area contributed by atoms with Crippen LogP contribution >= 0.6 is 0 Å². The molecule has 0 atom stereocenters. The number of hydrogen-bond acceptors (Lipinski definition) is 5. The summed E-state index contributed by atoms with van der Waals surface area (Å²) in [6, 6.07) is 6.74. The standard InChI is InChI=1S/C25H31F2N5O2Si/c1-16(2)32-9-7-21(30-32)18-14-31(15-33-10-11-35(3,4)5)25-23(18)22(6-8-29-25)34-24-19(26)12-17(28)13-20(24)27/h6-9,12-14,16H,10-11,15,28H2,1-5H3. The van der Waals surface area contributed by atoms with E-state index in [1.54, 1.807) is 12.3 Å². The van der Waals surface area contributed by atoms with E-state index < -0.39 is 25.5 Å². The minimum Gasteiger partial charge on any atom is -0.450 e. The second kappa shape index (κ2) is 9.78. The molecule has 186 valence electrons. The highest BCUT2D eigenvalue weighted by Crippen LogP contribution is 2.39. The Morgan fingerprint density at radius 2 is 1.83 bits per heavy atom. The number of nitrogens with two attached hydrogens (primary N) is 1. The fourth-order valence-corrected chi connectivity index (χ4v) is 4.42. The number of rotatable bonds is 9. The van der Waals surface area contributed by atoms with Gasteiger partial charge in [0.2, 0.25) is 0 Å². The minimum atomic E-state index is -1.23. The fourth-order valence-electron chi connectivity index (χ4n) is 3.66. The van der Waals surface area contributed by atoms with Crippen LogP contribution in [0.25, 0.3) is 22.3 Å². The molecule has 2 N–H and O–H groups in total. The van der Waals surface area contributed by atoms with Crippen LogP contribution in [0.15, 0.2) is 42.9 Å². The lowest BCUT2D eigenvalue weighted by Gasteiger charge is -2.15. The Hall–Kier alpha value is -3.24. The van der Waals surface area contributed by atoms with Gasteiger partial charge in [-0.3, -0.25) is 4.68 Å². The van der Waals surface area contributed by atoms with Gasteiger partial charge in [0.05, 0.1) is 11.1 Å². The van der Waals surface area contributed by atoms with E-state index in [-0.39, 0.29) is 24.2 Å². The lowest BCUT2D eigenvalue weighted by atomic mass is 10.1. The number of fused-ring (bicyclic) bond motifs is 1. The molecule has 7 nitrogen and oxygen atoms in total. The summed E-state index contributed by atoms with van der Waals surface area (Å²) in [5, 5.41) is 5.28. The van der Waals surface area contributed by atoms with E-state index in [0.29, 0.717) is 23.3 Å². The van der Waals surface area contributed by atoms with Crippen molar-refractivity contribution in [2.24, 2.45) is 0 Å². The molecule has 4 aromatic rings. The molecule has 1 aromatic carbocycles. The fraction of sp³-hybridized carbons (Fsp3) is 0.360. The summed E-state index contributed by atoms with van der Waals surface area (Å²) in [7, 11) is -1.23. The monoisotopic (exact) mass is 499 g/mol. The molecule has 0 radical (unpaired) electrons. The Balaban J connectivity index is 1.78. The molecule has 0 aliphatic rings. The molecule has 3 heterocycles. The molecule has 10 heteroatoms. The van der Waals surface area contributed by atoms with Crippen molar-refractivity contribution in [3.63, 3.8) is 0 Å². The van der Waals surface area contributed by atoms with Gasteiger partial charge in [-0.2, -0.15) is 5.10 Å². The van der Waals surface area contributed by atoms with Gasteiger partial charge >= 0.3 is 0 Å². The molecule has 0 spiro atoms. The first-order valence-electron chi connectivity index (χ1n) is 11.6. The molecule has 0 unspecified atom stereocenters. The summed E-state index contributed by atoms with van der Waals surface area (Å²) in [5.41, 5.74) is 7.53. The van der Waals surface area contributed by atoms with Gasteiger partial charge in [0.15, 0.2) is 17.4 Å². The molecule has 0 saturated carbocycles. The third kappa shape index (κ3) is 5.54. The Kier molecular flexibility index (Phi) is 6.95. The van der Waals surface area contributed by atoms with Crippen LogP contribution in [-0.4, -0.2) is 34.0 Å². The van der Waals surface area contributed by atoms with Crippen LogP contribution in [-0.2, 0) is 11.5 Å². The van der Waals surface area contributed by atoms with Crippen molar-refractivity contribution in [1.29, 1.82) is 0 Å². The highest BCUT2D eigenvalue weighted by molar-refractivity contribution is 6.76. The summed E-state index contributed by atoms with van der Waals surface area (Å²) < 4.78 is 44.5. The van der Waals surface area contributed by atoms with Crippen LogP contribution in [0.2, 0.25) is 25.7 Å². The van der Waals surface area contributed by atoms with E-state index in [2.05, 4.69) is 29.7 Å². The number of pyridine rings is 1. The van der Waals surface area contributed by atoms with Gasteiger partial charge in [0, 0.05) is 62.7 Å².